The third-order valence-corrected chi connectivity index (χ3v) is 2.07. The van der Waals surface area contributed by atoms with Crippen LogP contribution in [0.25, 0.3) is 0 Å². The van der Waals surface area contributed by atoms with Crippen LogP contribution in [0.5, 0.6) is 0 Å². The van der Waals surface area contributed by atoms with Crippen LogP contribution in [0.4, 0.5) is 0 Å². The quantitative estimate of drug-likeness (QED) is 0.746. The minimum absolute atomic E-state index is 0.208. The van der Waals surface area contributed by atoms with E-state index in [1.54, 1.807) is 0 Å². The van der Waals surface area contributed by atoms with Crippen molar-refractivity contribution in [2.45, 2.75) is 19.4 Å². The lowest BCUT2D eigenvalue weighted by Crippen LogP contribution is -2.39. The van der Waals surface area contributed by atoms with Gasteiger partial charge in [0.2, 0.25) is 0 Å². The van der Waals surface area contributed by atoms with Crippen molar-refractivity contribution in [2.24, 2.45) is 0 Å². The zero-order valence-electron chi connectivity index (χ0n) is 9.73. The van der Waals surface area contributed by atoms with Crippen LogP contribution in [0.15, 0.2) is 0 Å². The molecular formula is C10H21NO4. The Morgan fingerprint density at radius 2 is 2.33 bits per heavy atom. The van der Waals surface area contributed by atoms with Gasteiger partial charge in [-0.3, -0.25) is 0 Å². The molecule has 0 spiro atoms. The molecule has 0 aliphatic carbocycles. The first-order valence-electron chi connectivity index (χ1n) is 5.11. The van der Waals surface area contributed by atoms with E-state index in [1.807, 2.05) is 0 Å². The molecule has 0 aromatic carbocycles. The summed E-state index contributed by atoms with van der Waals surface area (Å²) in [5.41, 5.74) is 0. The highest BCUT2D eigenvalue weighted by Crippen LogP contribution is 2.04. The second-order valence-electron chi connectivity index (χ2n) is 3.49. The Bertz CT molecular complexity index is 175. The Morgan fingerprint density at radius 3 is 2.60 bits per heavy atom. The van der Waals surface area contributed by atoms with Gasteiger partial charge in [0.1, 0.15) is 6.61 Å². The minimum atomic E-state index is -0.933. The number of carboxylic acid groups (broad SMARTS) is 1. The molecule has 5 heteroatoms. The summed E-state index contributed by atoms with van der Waals surface area (Å²) in [6.07, 6.45) is 1.63. The van der Waals surface area contributed by atoms with Crippen LogP contribution in [0.2, 0.25) is 0 Å². The van der Waals surface area contributed by atoms with Gasteiger partial charge in [-0.25, -0.2) is 4.79 Å². The van der Waals surface area contributed by atoms with E-state index in [9.17, 15) is 4.79 Å². The molecule has 0 radical (unpaired) electrons. The van der Waals surface area contributed by atoms with Crippen LogP contribution in [0.3, 0.4) is 0 Å². The van der Waals surface area contributed by atoms with Gasteiger partial charge in [-0.1, -0.05) is 6.92 Å². The summed E-state index contributed by atoms with van der Waals surface area (Å²) >= 11 is 0. The third kappa shape index (κ3) is 8.35. The average Bonchev–Trinajstić information content (AvgIpc) is 2.18. The summed E-state index contributed by atoms with van der Waals surface area (Å²) in [5.74, 6) is -0.933. The molecule has 1 aliphatic heterocycles. The molecule has 0 amide bonds. The predicted molar refractivity (Wildman–Crippen MR) is 57.0 cm³/mol. The van der Waals surface area contributed by atoms with Crippen molar-refractivity contribution in [3.63, 3.8) is 0 Å². The van der Waals surface area contributed by atoms with E-state index in [4.69, 9.17) is 9.84 Å². The molecule has 1 unspecified atom stereocenters. The van der Waals surface area contributed by atoms with Crippen molar-refractivity contribution in [1.82, 2.24) is 4.90 Å². The summed E-state index contributed by atoms with van der Waals surface area (Å²) in [7, 11) is 3.49. The summed E-state index contributed by atoms with van der Waals surface area (Å²) in [4.78, 5) is 11.8. The maximum atomic E-state index is 9.47. The van der Waals surface area contributed by atoms with Crippen molar-refractivity contribution in [1.29, 1.82) is 0 Å². The monoisotopic (exact) mass is 219 g/mol. The minimum Gasteiger partial charge on any atom is -0.480 e. The van der Waals surface area contributed by atoms with E-state index in [2.05, 4.69) is 23.6 Å². The van der Waals surface area contributed by atoms with E-state index in [-0.39, 0.29) is 6.61 Å². The molecule has 1 fully saturated rings. The fourth-order valence-corrected chi connectivity index (χ4v) is 1.24. The van der Waals surface area contributed by atoms with Gasteiger partial charge in [0.15, 0.2) is 0 Å². The molecule has 1 N–H and O–H groups in total. The molecule has 1 atom stereocenters. The number of morpholine rings is 1. The zero-order valence-corrected chi connectivity index (χ0v) is 9.73. The standard InChI is InChI=1S/C7H15NO.C3H6O3/c1-3-7-6-8(2)4-5-9-7;1-6-2-3(4)5/h7H,3-6H2,1-2H3;2H2,1H3,(H,4,5). The second-order valence-corrected chi connectivity index (χ2v) is 3.49. The molecule has 90 valence electrons. The van der Waals surface area contributed by atoms with Crippen LogP contribution < -0.4 is 0 Å². The van der Waals surface area contributed by atoms with Crippen LogP contribution in [-0.2, 0) is 14.3 Å². The van der Waals surface area contributed by atoms with E-state index in [0.717, 1.165) is 26.1 Å². The molecule has 1 aliphatic rings. The van der Waals surface area contributed by atoms with Crippen LogP contribution in [-0.4, -0.2) is 62.5 Å². The van der Waals surface area contributed by atoms with Crippen LogP contribution in [0, 0.1) is 0 Å². The first-order valence-corrected chi connectivity index (χ1v) is 5.11. The number of rotatable bonds is 3. The Hall–Kier alpha value is -0.650. The lowest BCUT2D eigenvalue weighted by Gasteiger charge is -2.29. The molecule has 1 saturated heterocycles. The van der Waals surface area contributed by atoms with E-state index >= 15 is 0 Å². The normalized spacial score (nSPS) is 21.7. The number of methoxy groups -OCH3 is 1. The van der Waals surface area contributed by atoms with E-state index in [0.29, 0.717) is 6.10 Å². The van der Waals surface area contributed by atoms with Crippen molar-refractivity contribution in [3.8, 4) is 0 Å². The fraction of sp³-hybridized carbons (Fsp3) is 0.900. The maximum Gasteiger partial charge on any atom is 0.329 e. The molecule has 0 bridgehead atoms. The molecule has 1 heterocycles. The number of carboxylic acids is 1. The first kappa shape index (κ1) is 14.3. The molecule has 1 rings (SSSR count). The Balaban J connectivity index is 0.000000288. The Labute approximate surface area is 91.0 Å². The number of likely N-dealkylation sites (N-methyl/N-ethyl adjacent to an activating group) is 1. The number of nitrogens with zero attached hydrogens (tertiary/aromatic N) is 1. The molecular weight excluding hydrogens is 198 g/mol. The fourth-order valence-electron chi connectivity index (χ4n) is 1.24. The van der Waals surface area contributed by atoms with Gasteiger partial charge in [-0.2, -0.15) is 0 Å². The van der Waals surface area contributed by atoms with Crippen LogP contribution in [0.1, 0.15) is 13.3 Å². The van der Waals surface area contributed by atoms with Gasteiger partial charge in [-0.05, 0) is 13.5 Å². The van der Waals surface area contributed by atoms with Gasteiger partial charge in [0, 0.05) is 20.2 Å². The van der Waals surface area contributed by atoms with Crippen molar-refractivity contribution in [2.75, 3.05) is 40.5 Å². The number of ether oxygens (including phenoxy) is 2. The van der Waals surface area contributed by atoms with E-state index in [1.165, 1.54) is 7.11 Å². The number of aliphatic carboxylic acids is 1. The van der Waals surface area contributed by atoms with Gasteiger partial charge in [0.05, 0.1) is 12.7 Å². The molecule has 0 saturated carbocycles. The molecule has 0 aromatic rings. The summed E-state index contributed by atoms with van der Waals surface area (Å²) in [6, 6.07) is 0. The van der Waals surface area contributed by atoms with Crippen LogP contribution >= 0.6 is 0 Å². The first-order chi connectivity index (χ1) is 7.10. The number of hydrogen-bond acceptors (Lipinski definition) is 4. The van der Waals surface area contributed by atoms with Crippen molar-refractivity contribution < 1.29 is 19.4 Å². The third-order valence-electron chi connectivity index (χ3n) is 2.07. The summed E-state index contributed by atoms with van der Waals surface area (Å²) in [6.45, 7) is 5.08. The molecule has 15 heavy (non-hydrogen) atoms. The highest BCUT2D eigenvalue weighted by Gasteiger charge is 2.14. The Morgan fingerprint density at radius 1 is 1.67 bits per heavy atom. The number of carbonyl (C=O) groups is 1. The number of hydrogen-bond donors (Lipinski definition) is 1. The molecule has 5 nitrogen and oxygen atoms in total. The highest BCUT2D eigenvalue weighted by molar-refractivity contribution is 5.67. The predicted octanol–water partition coefficient (Wildman–Crippen LogP) is 0.444. The summed E-state index contributed by atoms with van der Waals surface area (Å²) in [5, 5.41) is 7.79. The van der Waals surface area contributed by atoms with E-state index < -0.39 is 5.97 Å². The van der Waals surface area contributed by atoms with Crippen molar-refractivity contribution >= 4 is 5.97 Å². The van der Waals surface area contributed by atoms with Gasteiger partial charge >= 0.3 is 5.97 Å². The maximum absolute atomic E-state index is 9.47. The Kier molecular flexibility index (Phi) is 8.27. The smallest absolute Gasteiger partial charge is 0.329 e. The topological polar surface area (TPSA) is 59.0 Å². The summed E-state index contributed by atoms with van der Waals surface area (Å²) < 4.78 is 9.66. The SMILES string of the molecule is CCC1CN(C)CCO1.COCC(=O)O. The zero-order chi connectivity index (χ0) is 11.7. The second kappa shape index (κ2) is 8.64. The lowest BCUT2D eigenvalue weighted by molar-refractivity contribution is -0.141. The lowest BCUT2D eigenvalue weighted by atomic mass is 10.2. The average molecular weight is 219 g/mol. The largest absolute Gasteiger partial charge is 0.480 e. The van der Waals surface area contributed by atoms with Gasteiger partial charge in [-0.15, -0.1) is 0 Å². The van der Waals surface area contributed by atoms with Crippen molar-refractivity contribution in [3.05, 3.63) is 0 Å². The molecule has 0 aromatic heterocycles. The van der Waals surface area contributed by atoms with Gasteiger partial charge < -0.3 is 19.5 Å². The highest BCUT2D eigenvalue weighted by atomic mass is 16.5. The van der Waals surface area contributed by atoms with Gasteiger partial charge in [0.25, 0.3) is 0 Å².